The van der Waals surface area contributed by atoms with Crippen molar-refractivity contribution in [3.05, 3.63) is 48.3 Å². The Morgan fingerprint density at radius 1 is 1.14 bits per heavy atom. The van der Waals surface area contributed by atoms with Gasteiger partial charge in [0.15, 0.2) is 0 Å². The number of nitrogens with one attached hydrogen (secondary N) is 2. The summed E-state index contributed by atoms with van der Waals surface area (Å²) in [5.74, 6) is -0.547. The highest BCUT2D eigenvalue weighted by atomic mass is 16.5. The van der Waals surface area contributed by atoms with E-state index in [0.29, 0.717) is 23.5 Å². The number of benzene rings is 1. The third kappa shape index (κ3) is 4.31. The van der Waals surface area contributed by atoms with Crippen LogP contribution in [0.3, 0.4) is 0 Å². The van der Waals surface area contributed by atoms with Crippen LogP contribution in [0.4, 0.5) is 17.1 Å². The van der Waals surface area contributed by atoms with Crippen molar-refractivity contribution in [1.82, 2.24) is 4.98 Å². The number of hydrogen-bond donors (Lipinski definition) is 2. The van der Waals surface area contributed by atoms with Crippen molar-refractivity contribution in [1.29, 1.82) is 0 Å². The molecule has 0 aliphatic rings. The summed E-state index contributed by atoms with van der Waals surface area (Å²) in [6, 6.07) is 8.91. The highest BCUT2D eigenvalue weighted by Crippen LogP contribution is 2.20. The van der Waals surface area contributed by atoms with E-state index < -0.39 is 5.97 Å². The average Bonchev–Trinajstić information content (AvgIpc) is 2.47. The molecule has 0 fully saturated rings. The summed E-state index contributed by atoms with van der Waals surface area (Å²) in [5, 5.41) is 5.84. The van der Waals surface area contributed by atoms with Gasteiger partial charge in [-0.05, 0) is 31.2 Å². The molecule has 0 aliphatic carbocycles. The maximum atomic E-state index is 11.7. The second kappa shape index (κ2) is 7.21. The van der Waals surface area contributed by atoms with Crippen LogP contribution >= 0.6 is 0 Å². The molecular weight excluding hydrogens is 282 g/mol. The Labute approximate surface area is 128 Å². The van der Waals surface area contributed by atoms with Gasteiger partial charge >= 0.3 is 5.97 Å². The largest absolute Gasteiger partial charge is 0.462 e. The van der Waals surface area contributed by atoms with Crippen LogP contribution in [0.25, 0.3) is 0 Å². The lowest BCUT2D eigenvalue weighted by Gasteiger charge is -2.09. The fraction of sp³-hybridized carbons (Fsp3) is 0.188. The van der Waals surface area contributed by atoms with E-state index in [-0.39, 0.29) is 5.91 Å². The van der Waals surface area contributed by atoms with E-state index in [9.17, 15) is 9.59 Å². The first-order valence-corrected chi connectivity index (χ1v) is 6.85. The zero-order chi connectivity index (χ0) is 15.9. The molecule has 0 saturated carbocycles. The first kappa shape index (κ1) is 15.5. The third-order valence-corrected chi connectivity index (χ3v) is 2.72. The predicted molar refractivity (Wildman–Crippen MR) is 84.2 cm³/mol. The van der Waals surface area contributed by atoms with E-state index in [4.69, 9.17) is 4.74 Å². The summed E-state index contributed by atoms with van der Waals surface area (Å²) < 4.78 is 4.94. The highest BCUT2D eigenvalue weighted by molar-refractivity contribution is 5.91. The monoisotopic (exact) mass is 299 g/mol. The van der Waals surface area contributed by atoms with E-state index >= 15 is 0 Å². The summed E-state index contributed by atoms with van der Waals surface area (Å²) in [7, 11) is 0. The minimum atomic E-state index is -0.411. The molecule has 0 aliphatic heterocycles. The van der Waals surface area contributed by atoms with Crippen LogP contribution < -0.4 is 10.6 Å². The van der Waals surface area contributed by atoms with Gasteiger partial charge in [0.1, 0.15) is 0 Å². The number of pyridine rings is 1. The van der Waals surface area contributed by atoms with Crippen LogP contribution in [0.15, 0.2) is 42.7 Å². The first-order chi connectivity index (χ1) is 10.6. The van der Waals surface area contributed by atoms with Gasteiger partial charge in [-0.3, -0.25) is 9.78 Å². The minimum Gasteiger partial charge on any atom is -0.462 e. The van der Waals surface area contributed by atoms with Crippen molar-refractivity contribution >= 4 is 28.9 Å². The van der Waals surface area contributed by atoms with E-state index in [1.807, 2.05) is 12.1 Å². The molecule has 1 heterocycles. The number of ether oxygens (including phenoxy) is 1. The second-order valence-electron chi connectivity index (χ2n) is 4.57. The fourth-order valence-electron chi connectivity index (χ4n) is 1.88. The normalized spacial score (nSPS) is 9.91. The molecule has 2 rings (SSSR count). The number of carbonyl (C=O) groups excluding carboxylic acids is 2. The Hall–Kier alpha value is -2.89. The number of anilines is 3. The molecule has 1 amide bonds. The molecule has 0 saturated heterocycles. The van der Waals surface area contributed by atoms with Crippen molar-refractivity contribution in [2.24, 2.45) is 0 Å². The lowest BCUT2D eigenvalue weighted by atomic mass is 10.2. The van der Waals surface area contributed by atoms with Crippen LogP contribution in [-0.2, 0) is 9.53 Å². The number of aromatic nitrogens is 1. The molecule has 1 aromatic heterocycles. The Kier molecular flexibility index (Phi) is 5.08. The molecule has 1 aromatic carbocycles. The third-order valence-electron chi connectivity index (χ3n) is 2.72. The van der Waals surface area contributed by atoms with Gasteiger partial charge < -0.3 is 15.4 Å². The zero-order valence-corrected chi connectivity index (χ0v) is 12.4. The Morgan fingerprint density at radius 3 is 2.64 bits per heavy atom. The van der Waals surface area contributed by atoms with Crippen molar-refractivity contribution in [2.45, 2.75) is 13.8 Å². The van der Waals surface area contributed by atoms with Crippen molar-refractivity contribution in [3.63, 3.8) is 0 Å². The summed E-state index contributed by atoms with van der Waals surface area (Å²) in [5.41, 5.74) is 2.50. The number of amides is 1. The zero-order valence-electron chi connectivity index (χ0n) is 12.4. The van der Waals surface area contributed by atoms with Crippen LogP contribution in [0.5, 0.6) is 0 Å². The van der Waals surface area contributed by atoms with Crippen molar-refractivity contribution in [2.75, 3.05) is 17.2 Å². The number of carbonyl (C=O) groups is 2. The summed E-state index contributed by atoms with van der Waals surface area (Å²) in [6.07, 6.45) is 3.06. The average molecular weight is 299 g/mol. The molecule has 2 N–H and O–H groups in total. The standard InChI is InChI=1S/C16H17N3O3/c1-3-22-16(21)12-7-15(10-17-9-12)19-14-6-4-5-13(8-14)18-11(2)20/h4-10,19H,3H2,1-2H3,(H,18,20). The molecule has 6 heteroatoms. The molecule has 0 atom stereocenters. The lowest BCUT2D eigenvalue weighted by molar-refractivity contribution is -0.114. The summed E-state index contributed by atoms with van der Waals surface area (Å²) in [4.78, 5) is 26.8. The number of hydrogen-bond acceptors (Lipinski definition) is 5. The maximum Gasteiger partial charge on any atom is 0.339 e. The molecule has 22 heavy (non-hydrogen) atoms. The van der Waals surface area contributed by atoms with Crippen molar-refractivity contribution in [3.8, 4) is 0 Å². The smallest absolute Gasteiger partial charge is 0.339 e. The maximum absolute atomic E-state index is 11.7. The van der Waals surface area contributed by atoms with E-state index in [1.165, 1.54) is 13.1 Å². The molecular formula is C16H17N3O3. The van der Waals surface area contributed by atoms with Crippen LogP contribution in [0.1, 0.15) is 24.2 Å². The topological polar surface area (TPSA) is 80.3 Å². The number of nitrogens with zero attached hydrogens (tertiary/aromatic N) is 1. The van der Waals surface area contributed by atoms with Crippen LogP contribution in [-0.4, -0.2) is 23.5 Å². The molecule has 0 spiro atoms. The van der Waals surface area contributed by atoms with Gasteiger partial charge in [-0.2, -0.15) is 0 Å². The summed E-state index contributed by atoms with van der Waals surface area (Å²) >= 11 is 0. The SMILES string of the molecule is CCOC(=O)c1cncc(Nc2cccc(NC(C)=O)c2)c1. The van der Waals surface area contributed by atoms with Crippen LogP contribution in [0, 0.1) is 0 Å². The van der Waals surface area contributed by atoms with Gasteiger partial charge in [0.05, 0.1) is 24.1 Å². The van der Waals surface area contributed by atoms with Gasteiger partial charge in [-0.1, -0.05) is 6.07 Å². The fourth-order valence-corrected chi connectivity index (χ4v) is 1.88. The minimum absolute atomic E-state index is 0.136. The predicted octanol–water partition coefficient (Wildman–Crippen LogP) is 2.96. The van der Waals surface area contributed by atoms with E-state index in [2.05, 4.69) is 15.6 Å². The Bertz CT molecular complexity index is 686. The van der Waals surface area contributed by atoms with Crippen molar-refractivity contribution < 1.29 is 14.3 Å². The van der Waals surface area contributed by atoms with E-state index in [0.717, 1.165) is 5.69 Å². The van der Waals surface area contributed by atoms with Gasteiger partial charge in [0.25, 0.3) is 0 Å². The molecule has 6 nitrogen and oxygen atoms in total. The number of rotatable bonds is 5. The molecule has 0 radical (unpaired) electrons. The lowest BCUT2D eigenvalue weighted by Crippen LogP contribution is -2.06. The van der Waals surface area contributed by atoms with E-state index in [1.54, 1.807) is 31.3 Å². The number of esters is 1. The quantitative estimate of drug-likeness (QED) is 0.830. The van der Waals surface area contributed by atoms with Gasteiger partial charge in [-0.25, -0.2) is 4.79 Å². The van der Waals surface area contributed by atoms with Gasteiger partial charge in [-0.15, -0.1) is 0 Å². The highest BCUT2D eigenvalue weighted by Gasteiger charge is 2.08. The Morgan fingerprint density at radius 2 is 1.91 bits per heavy atom. The summed E-state index contributed by atoms with van der Waals surface area (Å²) in [6.45, 7) is 3.52. The molecule has 2 aromatic rings. The molecule has 0 bridgehead atoms. The second-order valence-corrected chi connectivity index (χ2v) is 4.57. The molecule has 0 unspecified atom stereocenters. The van der Waals surface area contributed by atoms with Gasteiger partial charge in [0, 0.05) is 24.5 Å². The van der Waals surface area contributed by atoms with Gasteiger partial charge in [0.2, 0.25) is 5.91 Å². The van der Waals surface area contributed by atoms with Crippen LogP contribution in [0.2, 0.25) is 0 Å². The first-order valence-electron chi connectivity index (χ1n) is 6.85. The molecule has 114 valence electrons. The Balaban J connectivity index is 2.15.